The van der Waals surface area contributed by atoms with E-state index in [9.17, 15) is 13.2 Å². The summed E-state index contributed by atoms with van der Waals surface area (Å²) in [4.78, 5) is 4.11. The van der Waals surface area contributed by atoms with E-state index in [-0.39, 0.29) is 22.5 Å². The van der Waals surface area contributed by atoms with Crippen LogP contribution in [0.25, 0.3) is 0 Å². The highest BCUT2D eigenvalue weighted by Gasteiger charge is 2.34. The molecule has 9 heteroatoms. The first-order chi connectivity index (χ1) is 11.3. The molecule has 0 unspecified atom stereocenters. The van der Waals surface area contributed by atoms with E-state index in [2.05, 4.69) is 39.7 Å². The van der Waals surface area contributed by atoms with Crippen molar-refractivity contribution in [3.63, 3.8) is 0 Å². The van der Waals surface area contributed by atoms with Gasteiger partial charge in [-0.05, 0) is 30.5 Å². The van der Waals surface area contributed by atoms with Gasteiger partial charge < -0.3 is 10.6 Å². The summed E-state index contributed by atoms with van der Waals surface area (Å²) in [7, 11) is 0. The van der Waals surface area contributed by atoms with E-state index in [4.69, 9.17) is 11.6 Å². The largest absolute Gasteiger partial charge is 0.418 e. The second kappa shape index (κ2) is 7.65. The minimum atomic E-state index is -4.54. The summed E-state index contributed by atoms with van der Waals surface area (Å²) >= 11 is 5.66. The first-order valence-corrected chi connectivity index (χ1v) is 7.71. The van der Waals surface area contributed by atoms with E-state index in [1.165, 1.54) is 18.3 Å². The van der Waals surface area contributed by atoms with Gasteiger partial charge >= 0.3 is 6.18 Å². The Morgan fingerprint density at radius 2 is 2.00 bits per heavy atom. The Morgan fingerprint density at radius 1 is 1.25 bits per heavy atom. The van der Waals surface area contributed by atoms with Crippen LogP contribution in [0.5, 0.6) is 0 Å². The summed E-state index contributed by atoms with van der Waals surface area (Å²) in [6.45, 7) is 4.81. The third-order valence-corrected chi connectivity index (χ3v) is 3.35. The number of hydrogen-bond acceptors (Lipinski definition) is 5. The fraction of sp³-hybridized carbons (Fsp3) is 0.400. The molecule has 0 bridgehead atoms. The Hall–Kier alpha value is -2.09. The van der Waals surface area contributed by atoms with Crippen molar-refractivity contribution in [2.24, 2.45) is 5.92 Å². The molecule has 0 saturated heterocycles. The second-order valence-corrected chi connectivity index (χ2v) is 6.02. The molecule has 0 spiro atoms. The predicted octanol–water partition coefficient (Wildman–Crippen LogP) is 4.75. The monoisotopic (exact) mass is 359 g/mol. The normalized spacial score (nSPS) is 11.6. The van der Waals surface area contributed by atoms with Gasteiger partial charge in [-0.3, -0.25) is 0 Å². The van der Waals surface area contributed by atoms with Crippen molar-refractivity contribution in [3.8, 4) is 0 Å². The molecule has 0 saturated carbocycles. The van der Waals surface area contributed by atoms with Crippen LogP contribution in [0.4, 0.5) is 30.6 Å². The summed E-state index contributed by atoms with van der Waals surface area (Å²) in [5.74, 6) is 0.920. The van der Waals surface area contributed by atoms with Crippen LogP contribution < -0.4 is 10.6 Å². The van der Waals surface area contributed by atoms with E-state index in [1.54, 1.807) is 0 Å². The summed E-state index contributed by atoms with van der Waals surface area (Å²) in [5, 5.41) is 13.2. The van der Waals surface area contributed by atoms with Gasteiger partial charge in [0.2, 0.25) is 5.95 Å². The van der Waals surface area contributed by atoms with Gasteiger partial charge in [-0.2, -0.15) is 23.3 Å². The molecule has 1 aromatic carbocycles. The van der Waals surface area contributed by atoms with Gasteiger partial charge in [-0.1, -0.05) is 25.4 Å². The van der Waals surface area contributed by atoms with Crippen molar-refractivity contribution in [2.45, 2.75) is 26.4 Å². The van der Waals surface area contributed by atoms with Crippen LogP contribution in [0.15, 0.2) is 24.4 Å². The van der Waals surface area contributed by atoms with Crippen LogP contribution in [0.2, 0.25) is 5.02 Å². The molecule has 2 N–H and O–H groups in total. The zero-order valence-corrected chi connectivity index (χ0v) is 13.9. The number of benzene rings is 1. The van der Waals surface area contributed by atoms with Gasteiger partial charge in [-0.25, -0.2) is 0 Å². The maximum Gasteiger partial charge on any atom is 0.418 e. The summed E-state index contributed by atoms with van der Waals surface area (Å²) < 4.78 is 39.3. The molecule has 0 aliphatic carbocycles. The summed E-state index contributed by atoms with van der Waals surface area (Å²) in [5.41, 5.74) is -1.02. The van der Waals surface area contributed by atoms with E-state index >= 15 is 0 Å². The SMILES string of the molecule is CC(C)CCNc1nncc(Nc2ccc(Cl)cc2C(F)(F)F)n1. The first-order valence-electron chi connectivity index (χ1n) is 7.33. The average molecular weight is 360 g/mol. The number of nitrogens with zero attached hydrogens (tertiary/aromatic N) is 3. The fourth-order valence-electron chi connectivity index (χ4n) is 1.91. The highest BCUT2D eigenvalue weighted by molar-refractivity contribution is 6.30. The third-order valence-electron chi connectivity index (χ3n) is 3.11. The van der Waals surface area contributed by atoms with Crippen molar-refractivity contribution in [1.29, 1.82) is 0 Å². The molecule has 130 valence electrons. The molecule has 0 aliphatic heterocycles. The second-order valence-electron chi connectivity index (χ2n) is 5.59. The number of alkyl halides is 3. The minimum absolute atomic E-state index is 0.00438. The van der Waals surface area contributed by atoms with Gasteiger partial charge in [0.05, 0.1) is 17.4 Å². The van der Waals surface area contributed by atoms with E-state index < -0.39 is 11.7 Å². The number of halogens is 4. The zero-order valence-electron chi connectivity index (χ0n) is 13.2. The van der Waals surface area contributed by atoms with Gasteiger partial charge in [0.1, 0.15) is 0 Å². The molecule has 0 fully saturated rings. The number of aromatic nitrogens is 3. The average Bonchev–Trinajstić information content (AvgIpc) is 2.48. The fourth-order valence-corrected chi connectivity index (χ4v) is 2.08. The minimum Gasteiger partial charge on any atom is -0.353 e. The molecule has 1 heterocycles. The summed E-state index contributed by atoms with van der Waals surface area (Å²) in [6.07, 6.45) is -2.37. The van der Waals surface area contributed by atoms with Gasteiger partial charge in [0.15, 0.2) is 5.82 Å². The van der Waals surface area contributed by atoms with Crippen molar-refractivity contribution < 1.29 is 13.2 Å². The molecule has 2 rings (SSSR count). The number of hydrogen-bond donors (Lipinski definition) is 2. The summed E-state index contributed by atoms with van der Waals surface area (Å²) in [6, 6.07) is 3.48. The topological polar surface area (TPSA) is 62.7 Å². The van der Waals surface area contributed by atoms with E-state index in [0.29, 0.717) is 12.5 Å². The Labute approximate surface area is 142 Å². The number of nitrogens with one attached hydrogen (secondary N) is 2. The number of rotatable bonds is 6. The molecular formula is C15H17ClF3N5. The Kier molecular flexibility index (Phi) is 5.82. The highest BCUT2D eigenvalue weighted by Crippen LogP contribution is 2.37. The lowest BCUT2D eigenvalue weighted by molar-refractivity contribution is -0.136. The van der Waals surface area contributed by atoms with Crippen molar-refractivity contribution in [3.05, 3.63) is 35.0 Å². The lowest BCUT2D eigenvalue weighted by Gasteiger charge is -2.14. The highest BCUT2D eigenvalue weighted by atomic mass is 35.5. The Morgan fingerprint density at radius 3 is 2.67 bits per heavy atom. The van der Waals surface area contributed by atoms with Crippen molar-refractivity contribution in [1.82, 2.24) is 15.2 Å². The van der Waals surface area contributed by atoms with Gasteiger partial charge in [0, 0.05) is 11.6 Å². The maximum absolute atomic E-state index is 13.1. The molecule has 1 aromatic heterocycles. The van der Waals surface area contributed by atoms with E-state index in [1.807, 2.05) is 0 Å². The molecule has 0 amide bonds. The number of anilines is 3. The van der Waals surface area contributed by atoms with Crippen LogP contribution in [-0.4, -0.2) is 21.7 Å². The first kappa shape index (κ1) is 18.3. The lowest BCUT2D eigenvalue weighted by atomic mass is 10.1. The van der Waals surface area contributed by atoms with Crippen LogP contribution in [0.1, 0.15) is 25.8 Å². The molecular weight excluding hydrogens is 343 g/mol. The molecule has 24 heavy (non-hydrogen) atoms. The standard InChI is InChI=1S/C15H17ClF3N5/c1-9(2)5-6-20-14-23-13(8-21-24-14)22-12-4-3-10(16)7-11(12)15(17,18)19/h3-4,7-9H,5-6H2,1-2H3,(H2,20,22,23,24). The molecule has 2 aromatic rings. The molecule has 0 radical (unpaired) electrons. The Balaban J connectivity index is 2.17. The van der Waals surface area contributed by atoms with Crippen molar-refractivity contribution in [2.75, 3.05) is 17.2 Å². The molecule has 0 atom stereocenters. The quantitative estimate of drug-likeness (QED) is 0.779. The molecule has 0 aliphatic rings. The van der Waals surface area contributed by atoms with Crippen LogP contribution in [-0.2, 0) is 6.18 Å². The maximum atomic E-state index is 13.1. The van der Waals surface area contributed by atoms with Crippen LogP contribution in [0.3, 0.4) is 0 Å². The lowest BCUT2D eigenvalue weighted by Crippen LogP contribution is -2.11. The molecule has 5 nitrogen and oxygen atoms in total. The van der Waals surface area contributed by atoms with Crippen LogP contribution >= 0.6 is 11.6 Å². The van der Waals surface area contributed by atoms with Crippen LogP contribution in [0, 0.1) is 5.92 Å². The van der Waals surface area contributed by atoms with Crippen molar-refractivity contribution >= 4 is 29.1 Å². The smallest absolute Gasteiger partial charge is 0.353 e. The van der Waals surface area contributed by atoms with Gasteiger partial charge in [-0.15, -0.1) is 5.10 Å². The third kappa shape index (κ3) is 5.23. The van der Waals surface area contributed by atoms with Gasteiger partial charge in [0.25, 0.3) is 0 Å². The zero-order chi connectivity index (χ0) is 17.7. The van der Waals surface area contributed by atoms with E-state index in [0.717, 1.165) is 12.5 Å². The Bertz CT molecular complexity index is 691. The predicted molar refractivity (Wildman–Crippen MR) is 87.5 cm³/mol.